The van der Waals surface area contributed by atoms with Crippen molar-refractivity contribution < 1.29 is 38.9 Å². The van der Waals surface area contributed by atoms with Gasteiger partial charge >= 0.3 is 0 Å². The van der Waals surface area contributed by atoms with E-state index in [2.05, 4.69) is 16.0 Å². The summed E-state index contributed by atoms with van der Waals surface area (Å²) in [6.07, 6.45) is -0.215. The standard InChI is InChI=1S/C40H69N5O8/c1-14-25(4)32(44(11)37(49)35(39(7,8)51)43-38(50)40(9,41-10)24(2)3)30(52-12)23-31(46)45-22-18-21-29(45)34(53-13)26(5)36(48)42-27(6)33(47)28-19-16-15-17-20-28/h15-17,19-20,24-27,29-30,32-35,41,47,51H,14,18,21-23H2,1-13H3,(H,42,48)(H,43,50)/t25-,26+,27+,29-,30+,32-,33+,34+,35+,40?/m0/s1. The lowest BCUT2D eigenvalue weighted by Crippen LogP contribution is -2.66. The molecule has 0 saturated carbocycles. The maximum absolute atomic E-state index is 14.3. The second kappa shape index (κ2) is 20.0. The quantitative estimate of drug-likeness (QED) is 0.135. The number of carbonyl (C=O) groups is 4. The molecule has 0 aliphatic carbocycles. The highest BCUT2D eigenvalue weighted by atomic mass is 16.5. The van der Waals surface area contributed by atoms with Crippen LogP contribution in [0.15, 0.2) is 30.3 Å². The fraction of sp³-hybridized carbons (Fsp3) is 0.750. The molecule has 0 radical (unpaired) electrons. The highest BCUT2D eigenvalue weighted by Crippen LogP contribution is 2.30. The summed E-state index contributed by atoms with van der Waals surface area (Å²) in [5.74, 6) is -2.26. The van der Waals surface area contributed by atoms with Crippen LogP contribution in [0.25, 0.3) is 0 Å². The summed E-state index contributed by atoms with van der Waals surface area (Å²) in [7, 11) is 6.35. The number of aliphatic hydroxyl groups is 2. The second-order valence-electron chi connectivity index (χ2n) is 15.9. The predicted molar refractivity (Wildman–Crippen MR) is 206 cm³/mol. The van der Waals surface area contributed by atoms with Crippen LogP contribution in [-0.2, 0) is 28.7 Å². The van der Waals surface area contributed by atoms with Gasteiger partial charge in [-0.15, -0.1) is 0 Å². The van der Waals surface area contributed by atoms with Crippen molar-refractivity contribution in [2.45, 2.75) is 142 Å². The number of likely N-dealkylation sites (N-methyl/N-ethyl adjacent to an activating group) is 2. The van der Waals surface area contributed by atoms with Crippen molar-refractivity contribution in [3.05, 3.63) is 35.9 Å². The van der Waals surface area contributed by atoms with Crippen molar-refractivity contribution in [3.63, 3.8) is 0 Å². The van der Waals surface area contributed by atoms with E-state index in [0.29, 0.717) is 24.9 Å². The van der Waals surface area contributed by atoms with Gasteiger partial charge in [-0.3, -0.25) is 19.2 Å². The topological polar surface area (TPSA) is 170 Å². The minimum Gasteiger partial charge on any atom is -0.388 e. The van der Waals surface area contributed by atoms with Crippen molar-refractivity contribution >= 4 is 23.6 Å². The number of methoxy groups -OCH3 is 2. The van der Waals surface area contributed by atoms with Gasteiger partial charge in [0, 0.05) is 27.8 Å². The van der Waals surface area contributed by atoms with Crippen molar-refractivity contribution in [1.82, 2.24) is 25.8 Å². The van der Waals surface area contributed by atoms with Crippen molar-refractivity contribution in [2.24, 2.45) is 17.8 Å². The maximum Gasteiger partial charge on any atom is 0.248 e. The number of hydrogen-bond acceptors (Lipinski definition) is 9. The molecule has 13 heteroatoms. The molecule has 0 spiro atoms. The lowest BCUT2D eigenvalue weighted by Gasteiger charge is -2.42. The van der Waals surface area contributed by atoms with Gasteiger partial charge < -0.3 is 45.4 Å². The van der Waals surface area contributed by atoms with E-state index in [9.17, 15) is 29.4 Å². The summed E-state index contributed by atoms with van der Waals surface area (Å²) in [4.78, 5) is 58.7. The highest BCUT2D eigenvalue weighted by molar-refractivity contribution is 5.93. The van der Waals surface area contributed by atoms with E-state index in [0.717, 1.165) is 6.42 Å². The van der Waals surface area contributed by atoms with Crippen LogP contribution in [0.5, 0.6) is 0 Å². The number of likely N-dealkylation sites (tertiary alicyclic amines) is 1. The third-order valence-electron chi connectivity index (χ3n) is 11.6. The molecule has 1 aliphatic rings. The van der Waals surface area contributed by atoms with Gasteiger partial charge in [-0.05, 0) is 65.0 Å². The molecule has 1 fully saturated rings. The van der Waals surface area contributed by atoms with Gasteiger partial charge in [-0.2, -0.15) is 0 Å². The van der Waals surface area contributed by atoms with Gasteiger partial charge in [-0.1, -0.05) is 71.4 Å². The minimum atomic E-state index is -1.61. The molecule has 1 aromatic rings. The third kappa shape index (κ3) is 11.2. The fourth-order valence-corrected chi connectivity index (χ4v) is 7.37. The molecule has 1 unspecified atom stereocenters. The van der Waals surface area contributed by atoms with Gasteiger partial charge in [0.05, 0.1) is 59.9 Å². The number of rotatable bonds is 20. The number of carbonyl (C=O) groups excluding carboxylic acids is 4. The van der Waals surface area contributed by atoms with Crippen LogP contribution in [0.3, 0.4) is 0 Å². The normalized spacial score (nSPS) is 20.7. The Balaban J connectivity index is 2.30. The maximum atomic E-state index is 14.3. The van der Waals surface area contributed by atoms with Crippen LogP contribution in [0.1, 0.15) is 99.7 Å². The molecule has 302 valence electrons. The smallest absolute Gasteiger partial charge is 0.248 e. The highest BCUT2D eigenvalue weighted by Gasteiger charge is 2.46. The van der Waals surface area contributed by atoms with Crippen LogP contribution < -0.4 is 16.0 Å². The number of amides is 4. The first-order valence-corrected chi connectivity index (χ1v) is 19.1. The van der Waals surface area contributed by atoms with Crippen molar-refractivity contribution in [1.29, 1.82) is 0 Å². The average molecular weight is 748 g/mol. The zero-order valence-corrected chi connectivity index (χ0v) is 34.4. The summed E-state index contributed by atoms with van der Waals surface area (Å²) in [5, 5.41) is 30.8. The number of nitrogens with zero attached hydrogens (tertiary/aromatic N) is 2. The Hall–Kier alpha value is -3.10. The Bertz CT molecular complexity index is 1340. The molecule has 4 amide bonds. The van der Waals surface area contributed by atoms with E-state index in [4.69, 9.17) is 9.47 Å². The van der Waals surface area contributed by atoms with E-state index >= 15 is 0 Å². The van der Waals surface area contributed by atoms with Crippen molar-refractivity contribution in [3.8, 4) is 0 Å². The van der Waals surface area contributed by atoms with Gasteiger partial charge in [0.1, 0.15) is 6.04 Å². The molecular weight excluding hydrogens is 678 g/mol. The van der Waals surface area contributed by atoms with E-state index < -0.39 is 65.3 Å². The molecule has 0 aromatic heterocycles. The molecule has 2 rings (SSSR count). The Morgan fingerprint density at radius 3 is 2.09 bits per heavy atom. The van der Waals surface area contributed by atoms with E-state index in [1.807, 2.05) is 45.9 Å². The van der Waals surface area contributed by atoms with Gasteiger partial charge in [0.25, 0.3) is 0 Å². The SMILES string of the molecule is CC[C@H](C)[C@@H]([C@@H](CC(=O)N1CCC[C@H]1[C@H](OC)[C@@H](C)C(=O)N[C@H](C)[C@@H](O)c1ccccc1)OC)N(C)C(=O)[C@@H](NC(=O)C(C)(NC)C(C)C)C(C)(C)O. The molecule has 1 saturated heterocycles. The molecular formula is C40H69N5O8. The van der Waals surface area contributed by atoms with Gasteiger partial charge in [-0.25, -0.2) is 0 Å². The summed E-state index contributed by atoms with van der Waals surface area (Å²) in [6.45, 7) is 16.5. The average Bonchev–Trinajstić information content (AvgIpc) is 3.61. The summed E-state index contributed by atoms with van der Waals surface area (Å²) >= 11 is 0. The van der Waals surface area contributed by atoms with Crippen LogP contribution in [-0.4, -0.2) is 126 Å². The second-order valence-corrected chi connectivity index (χ2v) is 15.9. The number of ether oxygens (including phenoxy) is 2. The van der Waals surface area contributed by atoms with Gasteiger partial charge in [0.15, 0.2) is 0 Å². The lowest BCUT2D eigenvalue weighted by atomic mass is 9.86. The fourth-order valence-electron chi connectivity index (χ4n) is 7.37. The number of nitrogens with one attached hydrogen (secondary N) is 3. The van der Waals surface area contributed by atoms with E-state index in [1.54, 1.807) is 51.9 Å². The van der Waals surface area contributed by atoms with Crippen LogP contribution in [0, 0.1) is 17.8 Å². The molecule has 13 nitrogen and oxygen atoms in total. The molecule has 0 bridgehead atoms. The largest absolute Gasteiger partial charge is 0.388 e. The van der Waals surface area contributed by atoms with E-state index in [1.165, 1.54) is 33.0 Å². The lowest BCUT2D eigenvalue weighted by molar-refractivity contribution is -0.151. The number of benzene rings is 1. The third-order valence-corrected chi connectivity index (χ3v) is 11.6. The first-order valence-electron chi connectivity index (χ1n) is 19.1. The van der Waals surface area contributed by atoms with Crippen LogP contribution >= 0.6 is 0 Å². The minimum absolute atomic E-state index is 0.0400. The van der Waals surface area contributed by atoms with Crippen molar-refractivity contribution in [2.75, 3.05) is 34.9 Å². The zero-order valence-electron chi connectivity index (χ0n) is 34.4. The Morgan fingerprint density at radius 2 is 1.60 bits per heavy atom. The number of hydrogen-bond donors (Lipinski definition) is 5. The van der Waals surface area contributed by atoms with E-state index in [-0.39, 0.29) is 36.1 Å². The number of aliphatic hydroxyl groups excluding tert-OH is 1. The molecule has 1 aliphatic heterocycles. The predicted octanol–water partition coefficient (Wildman–Crippen LogP) is 3.03. The Kier molecular flexibility index (Phi) is 17.4. The monoisotopic (exact) mass is 748 g/mol. The molecule has 5 N–H and O–H groups in total. The first kappa shape index (κ1) is 46.1. The molecule has 53 heavy (non-hydrogen) atoms. The Morgan fingerprint density at radius 1 is 1.00 bits per heavy atom. The molecule has 1 heterocycles. The van der Waals surface area contributed by atoms with Gasteiger partial charge in [0.2, 0.25) is 23.6 Å². The first-order chi connectivity index (χ1) is 24.7. The van der Waals surface area contributed by atoms with Crippen LogP contribution in [0.2, 0.25) is 0 Å². The molecule has 10 atom stereocenters. The zero-order chi connectivity index (χ0) is 40.4. The molecule has 1 aromatic carbocycles. The summed E-state index contributed by atoms with van der Waals surface area (Å²) < 4.78 is 11.9. The summed E-state index contributed by atoms with van der Waals surface area (Å²) in [5.41, 5.74) is -1.90. The summed E-state index contributed by atoms with van der Waals surface area (Å²) in [6, 6.07) is 6.35. The Labute approximate surface area is 317 Å². The van der Waals surface area contributed by atoms with Crippen LogP contribution in [0.4, 0.5) is 0 Å².